The van der Waals surface area contributed by atoms with E-state index in [0.29, 0.717) is 11.5 Å². The molecule has 17 heavy (non-hydrogen) atoms. The molecule has 0 atom stereocenters. The highest BCUT2D eigenvalue weighted by atomic mass is 19.1. The average Bonchev–Trinajstić information content (AvgIpc) is 2.68. The number of halogens is 1. The van der Waals surface area contributed by atoms with E-state index >= 15 is 0 Å². The summed E-state index contributed by atoms with van der Waals surface area (Å²) < 4.78 is 14.0. The van der Waals surface area contributed by atoms with Gasteiger partial charge >= 0.3 is 0 Å². The molecule has 0 spiro atoms. The molecule has 0 saturated heterocycles. The molecular formula is C10H10FN5O. The molecule has 1 aromatic carbocycles. The number of hydrogen-bond donors (Lipinski definition) is 1. The monoisotopic (exact) mass is 235 g/mol. The Kier molecular flexibility index (Phi) is 3.08. The second kappa shape index (κ2) is 4.69. The maximum atomic E-state index is 12.6. The number of carbonyl (C=O) groups excluding carboxylic acids is 1. The number of nitrogens with one attached hydrogen (secondary N) is 1. The number of anilines is 1. The summed E-state index contributed by atoms with van der Waals surface area (Å²) in [6.45, 7) is 1.72. The first kappa shape index (κ1) is 11.2. The molecule has 2 aromatic rings. The van der Waals surface area contributed by atoms with E-state index < -0.39 is 0 Å². The second-order valence-electron chi connectivity index (χ2n) is 3.44. The van der Waals surface area contributed by atoms with Crippen LogP contribution in [0.1, 0.15) is 5.82 Å². The van der Waals surface area contributed by atoms with Crippen LogP contribution in [0.25, 0.3) is 0 Å². The van der Waals surface area contributed by atoms with E-state index in [1.807, 2.05) is 0 Å². The first-order valence-electron chi connectivity index (χ1n) is 4.93. The van der Waals surface area contributed by atoms with Crippen molar-refractivity contribution in [3.8, 4) is 0 Å². The third-order valence-electron chi connectivity index (χ3n) is 2.13. The van der Waals surface area contributed by atoms with E-state index in [1.54, 1.807) is 6.92 Å². The molecule has 0 saturated carbocycles. The fourth-order valence-corrected chi connectivity index (χ4v) is 1.27. The number of aryl methyl sites for hydroxylation is 1. The van der Waals surface area contributed by atoms with Crippen LogP contribution in [-0.2, 0) is 11.3 Å². The van der Waals surface area contributed by atoms with Crippen molar-refractivity contribution in [3.05, 3.63) is 35.9 Å². The van der Waals surface area contributed by atoms with Gasteiger partial charge in [0.25, 0.3) is 0 Å². The summed E-state index contributed by atoms with van der Waals surface area (Å²) in [5.74, 6) is -0.0643. The fraction of sp³-hybridized carbons (Fsp3) is 0.200. The SMILES string of the molecule is Cc1nnnn1CC(=O)Nc1ccc(F)cc1. The Bertz CT molecular complexity index is 522. The molecule has 1 amide bonds. The zero-order valence-corrected chi connectivity index (χ0v) is 9.09. The minimum absolute atomic E-state index is 0.0240. The summed E-state index contributed by atoms with van der Waals surface area (Å²) >= 11 is 0. The van der Waals surface area contributed by atoms with Crippen LogP contribution in [0.2, 0.25) is 0 Å². The molecule has 0 aliphatic carbocycles. The van der Waals surface area contributed by atoms with Gasteiger partial charge in [0.05, 0.1) is 0 Å². The number of aromatic nitrogens is 4. The standard InChI is InChI=1S/C10H10FN5O/c1-7-13-14-15-16(7)6-10(17)12-9-4-2-8(11)3-5-9/h2-5H,6H2,1H3,(H,12,17). The van der Waals surface area contributed by atoms with Gasteiger partial charge in [-0.05, 0) is 41.6 Å². The first-order chi connectivity index (χ1) is 8.15. The van der Waals surface area contributed by atoms with Crippen LogP contribution in [0.15, 0.2) is 24.3 Å². The zero-order chi connectivity index (χ0) is 12.3. The van der Waals surface area contributed by atoms with Gasteiger partial charge in [-0.25, -0.2) is 9.07 Å². The molecule has 0 aliphatic heterocycles. The number of hydrogen-bond acceptors (Lipinski definition) is 4. The minimum Gasteiger partial charge on any atom is -0.324 e. The van der Waals surface area contributed by atoms with Crippen LogP contribution in [0.4, 0.5) is 10.1 Å². The third kappa shape index (κ3) is 2.83. The van der Waals surface area contributed by atoms with Gasteiger partial charge in [-0.2, -0.15) is 0 Å². The molecule has 0 aliphatic rings. The van der Waals surface area contributed by atoms with Gasteiger partial charge in [0.1, 0.15) is 18.2 Å². The van der Waals surface area contributed by atoms with E-state index in [9.17, 15) is 9.18 Å². The molecule has 6 nitrogen and oxygen atoms in total. The van der Waals surface area contributed by atoms with Crippen LogP contribution < -0.4 is 5.32 Å². The van der Waals surface area contributed by atoms with Crippen molar-refractivity contribution in [2.24, 2.45) is 0 Å². The average molecular weight is 235 g/mol. The van der Waals surface area contributed by atoms with E-state index in [0.717, 1.165) is 0 Å². The van der Waals surface area contributed by atoms with Gasteiger partial charge in [0, 0.05) is 5.69 Å². The lowest BCUT2D eigenvalue weighted by molar-refractivity contribution is -0.117. The summed E-state index contributed by atoms with van der Waals surface area (Å²) in [5.41, 5.74) is 0.530. The lowest BCUT2D eigenvalue weighted by atomic mass is 10.3. The van der Waals surface area contributed by atoms with Gasteiger partial charge < -0.3 is 5.32 Å². The van der Waals surface area contributed by atoms with Crippen molar-refractivity contribution < 1.29 is 9.18 Å². The molecule has 0 bridgehead atoms. The Morgan fingerprint density at radius 2 is 2.12 bits per heavy atom. The first-order valence-corrected chi connectivity index (χ1v) is 4.93. The maximum absolute atomic E-state index is 12.6. The molecule has 88 valence electrons. The molecule has 1 aromatic heterocycles. The minimum atomic E-state index is -0.348. The van der Waals surface area contributed by atoms with Gasteiger partial charge in [0.15, 0.2) is 0 Å². The van der Waals surface area contributed by atoms with Crippen molar-refractivity contribution in [3.63, 3.8) is 0 Å². The molecule has 2 rings (SSSR count). The molecule has 1 N–H and O–H groups in total. The van der Waals surface area contributed by atoms with Crippen molar-refractivity contribution in [2.75, 3.05) is 5.32 Å². The molecule has 0 fully saturated rings. The van der Waals surface area contributed by atoms with Gasteiger partial charge in [0.2, 0.25) is 5.91 Å². The quantitative estimate of drug-likeness (QED) is 0.852. The predicted molar refractivity (Wildman–Crippen MR) is 57.6 cm³/mol. The van der Waals surface area contributed by atoms with Crippen molar-refractivity contribution in [1.29, 1.82) is 0 Å². The summed E-state index contributed by atoms with van der Waals surface area (Å²) in [5, 5.41) is 13.3. The second-order valence-corrected chi connectivity index (χ2v) is 3.44. The molecule has 7 heteroatoms. The van der Waals surface area contributed by atoms with Crippen molar-refractivity contribution >= 4 is 11.6 Å². The van der Waals surface area contributed by atoms with Crippen LogP contribution in [0.3, 0.4) is 0 Å². The number of rotatable bonds is 3. The van der Waals surface area contributed by atoms with Gasteiger partial charge in [-0.1, -0.05) is 0 Å². The van der Waals surface area contributed by atoms with Crippen LogP contribution >= 0.6 is 0 Å². The van der Waals surface area contributed by atoms with Crippen LogP contribution in [-0.4, -0.2) is 26.1 Å². The Labute approximate surface area is 96.4 Å². The topological polar surface area (TPSA) is 72.7 Å². The lowest BCUT2D eigenvalue weighted by Crippen LogP contribution is -2.20. The third-order valence-corrected chi connectivity index (χ3v) is 2.13. The highest BCUT2D eigenvalue weighted by Gasteiger charge is 2.07. The summed E-state index contributed by atoms with van der Waals surface area (Å²) in [6, 6.07) is 5.52. The van der Waals surface area contributed by atoms with Gasteiger partial charge in [-0.3, -0.25) is 4.79 Å². The van der Waals surface area contributed by atoms with Crippen molar-refractivity contribution in [1.82, 2.24) is 20.2 Å². The predicted octanol–water partition coefficient (Wildman–Crippen LogP) is 0.759. The largest absolute Gasteiger partial charge is 0.324 e. The summed E-state index contributed by atoms with van der Waals surface area (Å²) in [4.78, 5) is 11.6. The number of benzene rings is 1. The number of tetrazole rings is 1. The van der Waals surface area contributed by atoms with Crippen LogP contribution in [0, 0.1) is 12.7 Å². The summed E-state index contributed by atoms with van der Waals surface area (Å²) in [7, 11) is 0. The van der Waals surface area contributed by atoms with Crippen LogP contribution in [0.5, 0.6) is 0 Å². The molecular weight excluding hydrogens is 225 g/mol. The molecule has 0 unspecified atom stereocenters. The number of amides is 1. The van der Waals surface area contributed by atoms with E-state index in [4.69, 9.17) is 0 Å². The summed E-state index contributed by atoms with van der Waals surface area (Å²) in [6.07, 6.45) is 0. The smallest absolute Gasteiger partial charge is 0.246 e. The highest BCUT2D eigenvalue weighted by Crippen LogP contribution is 2.08. The Morgan fingerprint density at radius 3 is 2.71 bits per heavy atom. The van der Waals surface area contributed by atoms with Gasteiger partial charge in [-0.15, -0.1) is 5.10 Å². The molecule has 1 heterocycles. The normalized spacial score (nSPS) is 10.2. The Hall–Kier alpha value is -2.31. The number of nitrogens with zero attached hydrogens (tertiary/aromatic N) is 4. The maximum Gasteiger partial charge on any atom is 0.246 e. The Balaban J connectivity index is 1.98. The van der Waals surface area contributed by atoms with E-state index in [-0.39, 0.29) is 18.3 Å². The Morgan fingerprint density at radius 1 is 1.41 bits per heavy atom. The van der Waals surface area contributed by atoms with E-state index in [2.05, 4.69) is 20.8 Å². The molecule has 0 radical (unpaired) electrons. The fourth-order valence-electron chi connectivity index (χ4n) is 1.27. The highest BCUT2D eigenvalue weighted by molar-refractivity contribution is 5.90. The van der Waals surface area contributed by atoms with E-state index in [1.165, 1.54) is 28.9 Å². The van der Waals surface area contributed by atoms with Crippen molar-refractivity contribution in [2.45, 2.75) is 13.5 Å². The zero-order valence-electron chi connectivity index (χ0n) is 9.09. The lowest BCUT2D eigenvalue weighted by Gasteiger charge is -2.05. The number of carbonyl (C=O) groups is 1.